The first-order chi connectivity index (χ1) is 13.0. The summed E-state index contributed by atoms with van der Waals surface area (Å²) in [6.45, 7) is 1.67. The number of piperidine rings is 1. The Kier molecular flexibility index (Phi) is 6.50. The molecule has 27 heavy (non-hydrogen) atoms. The molecule has 7 heteroatoms. The van der Waals surface area contributed by atoms with Gasteiger partial charge in [0.05, 0.1) is 5.92 Å². The third-order valence-corrected chi connectivity index (χ3v) is 5.90. The second kappa shape index (κ2) is 8.85. The molecule has 1 amide bonds. The summed E-state index contributed by atoms with van der Waals surface area (Å²) in [7, 11) is 0. The number of hydrogen-bond donors (Lipinski definition) is 2. The van der Waals surface area contributed by atoms with Crippen LogP contribution in [0.25, 0.3) is 0 Å². The fourth-order valence-corrected chi connectivity index (χ4v) is 4.19. The lowest BCUT2D eigenvalue weighted by molar-refractivity contribution is -0.179. The molecule has 150 valence electrons. The molecule has 1 heterocycles. The number of carbonyl (C=O) groups excluding carboxylic acids is 1. The predicted octanol–water partition coefficient (Wildman–Crippen LogP) is 4.18. The summed E-state index contributed by atoms with van der Waals surface area (Å²) < 4.78 is 38.4. The molecule has 0 radical (unpaired) electrons. The average molecular weight is 383 g/mol. The third kappa shape index (κ3) is 5.53. The van der Waals surface area contributed by atoms with Crippen molar-refractivity contribution in [2.45, 2.75) is 50.7 Å². The minimum absolute atomic E-state index is 0.172. The topological polar surface area (TPSA) is 44.4 Å². The minimum Gasteiger partial charge on any atom is -0.382 e. The van der Waals surface area contributed by atoms with E-state index in [0.29, 0.717) is 25.0 Å². The Hall–Kier alpha value is -1.92. The monoisotopic (exact) mass is 383 g/mol. The Morgan fingerprint density at radius 2 is 1.63 bits per heavy atom. The van der Waals surface area contributed by atoms with Gasteiger partial charge in [0.1, 0.15) is 0 Å². The van der Waals surface area contributed by atoms with E-state index in [9.17, 15) is 18.0 Å². The molecule has 0 unspecified atom stereocenters. The van der Waals surface area contributed by atoms with Crippen LogP contribution in [0.2, 0.25) is 0 Å². The Bertz CT molecular complexity index is 589. The number of carbonyl (C=O) groups is 1. The fourth-order valence-electron chi connectivity index (χ4n) is 4.19. The second-order valence-electron chi connectivity index (χ2n) is 7.74. The van der Waals surface area contributed by atoms with Gasteiger partial charge in [-0.15, -0.1) is 0 Å². The van der Waals surface area contributed by atoms with E-state index < -0.39 is 12.1 Å². The van der Waals surface area contributed by atoms with E-state index in [-0.39, 0.29) is 12.8 Å². The molecule has 2 aliphatic rings. The molecule has 1 saturated carbocycles. The fraction of sp³-hybridized carbons (Fsp3) is 0.650. The predicted molar refractivity (Wildman–Crippen MR) is 101 cm³/mol. The van der Waals surface area contributed by atoms with Crippen molar-refractivity contribution < 1.29 is 18.0 Å². The highest BCUT2D eigenvalue weighted by atomic mass is 19.4. The number of hydrogen-bond acceptors (Lipinski definition) is 3. The van der Waals surface area contributed by atoms with Gasteiger partial charge in [0, 0.05) is 37.1 Å². The minimum atomic E-state index is -4.07. The first kappa shape index (κ1) is 19.8. The number of alkyl halides is 3. The molecular formula is C20H28F3N3O. The Morgan fingerprint density at radius 3 is 2.19 bits per heavy atom. The highest BCUT2D eigenvalue weighted by Crippen LogP contribution is 2.35. The maximum atomic E-state index is 12.8. The lowest BCUT2D eigenvalue weighted by Gasteiger charge is -2.34. The third-order valence-electron chi connectivity index (χ3n) is 5.90. The van der Waals surface area contributed by atoms with Gasteiger partial charge >= 0.3 is 6.18 Å². The van der Waals surface area contributed by atoms with Crippen LogP contribution in [0.5, 0.6) is 0 Å². The molecule has 4 nitrogen and oxygen atoms in total. The number of amides is 1. The molecule has 3 rings (SSSR count). The lowest BCUT2D eigenvalue weighted by atomic mass is 9.86. The summed E-state index contributed by atoms with van der Waals surface area (Å²) in [4.78, 5) is 12.4. The molecule has 0 atom stereocenters. The summed E-state index contributed by atoms with van der Waals surface area (Å²) >= 11 is 0. The van der Waals surface area contributed by atoms with E-state index in [0.717, 1.165) is 50.0 Å². The van der Waals surface area contributed by atoms with Crippen LogP contribution in [0.4, 0.5) is 24.5 Å². The van der Waals surface area contributed by atoms with Gasteiger partial charge in [0.2, 0.25) is 6.41 Å². The van der Waals surface area contributed by atoms with Crippen molar-refractivity contribution in [3.63, 3.8) is 0 Å². The van der Waals surface area contributed by atoms with Crippen molar-refractivity contribution in [1.82, 2.24) is 5.32 Å². The first-order valence-corrected chi connectivity index (χ1v) is 9.81. The zero-order valence-electron chi connectivity index (χ0n) is 15.5. The Labute approximate surface area is 158 Å². The molecule has 1 aromatic rings. The van der Waals surface area contributed by atoms with Gasteiger partial charge in [0.15, 0.2) is 0 Å². The number of nitrogens with one attached hydrogen (secondary N) is 2. The van der Waals surface area contributed by atoms with Crippen LogP contribution < -0.4 is 15.5 Å². The molecule has 2 fully saturated rings. The molecule has 1 aliphatic carbocycles. The van der Waals surface area contributed by atoms with Crippen LogP contribution in [0, 0.1) is 11.8 Å². The normalized spacial score (nSPS) is 24.5. The van der Waals surface area contributed by atoms with E-state index in [1.807, 2.05) is 29.2 Å². The molecule has 1 aromatic carbocycles. The van der Waals surface area contributed by atoms with Crippen molar-refractivity contribution in [2.75, 3.05) is 29.9 Å². The highest BCUT2D eigenvalue weighted by molar-refractivity contribution is 5.55. The lowest BCUT2D eigenvalue weighted by Crippen LogP contribution is -2.39. The molecule has 0 bridgehead atoms. The van der Waals surface area contributed by atoms with Crippen LogP contribution in [-0.4, -0.2) is 38.3 Å². The molecule has 1 aliphatic heterocycles. The van der Waals surface area contributed by atoms with E-state index in [4.69, 9.17) is 0 Å². The highest BCUT2D eigenvalue weighted by Gasteiger charge is 2.41. The van der Waals surface area contributed by atoms with Crippen molar-refractivity contribution in [2.24, 2.45) is 11.8 Å². The maximum Gasteiger partial charge on any atom is 0.391 e. The zero-order chi connectivity index (χ0) is 19.3. The van der Waals surface area contributed by atoms with Gasteiger partial charge in [-0.3, -0.25) is 4.79 Å². The van der Waals surface area contributed by atoms with Crippen LogP contribution in [0.15, 0.2) is 24.3 Å². The van der Waals surface area contributed by atoms with Gasteiger partial charge in [-0.2, -0.15) is 13.2 Å². The summed E-state index contributed by atoms with van der Waals surface area (Å²) in [5, 5.41) is 6.32. The Morgan fingerprint density at radius 1 is 1.00 bits per heavy atom. The van der Waals surface area contributed by atoms with Crippen molar-refractivity contribution >= 4 is 17.8 Å². The molecule has 0 aromatic heterocycles. The van der Waals surface area contributed by atoms with Gasteiger partial charge in [0.25, 0.3) is 0 Å². The summed E-state index contributed by atoms with van der Waals surface area (Å²) in [6.07, 6.45) is 1.41. The molecule has 1 saturated heterocycles. The maximum absolute atomic E-state index is 12.8. The number of anilines is 2. The van der Waals surface area contributed by atoms with Crippen LogP contribution in [-0.2, 0) is 4.79 Å². The SMILES string of the molecule is O=CNCC1CCC(Nc2ccc(N3CCC(C(F)(F)F)CC3)cc2)CC1. The number of benzene rings is 1. The number of rotatable bonds is 6. The number of halogens is 3. The van der Waals surface area contributed by atoms with Gasteiger partial charge in [-0.05, 0) is 68.7 Å². The molecule has 0 spiro atoms. The molecular weight excluding hydrogens is 355 g/mol. The summed E-state index contributed by atoms with van der Waals surface area (Å²) in [5.74, 6) is -0.596. The standard InChI is InChI=1S/C20H28F3N3O/c21-20(22,23)16-9-11-26(12-10-16)19-7-5-18(6-8-19)25-17-3-1-15(2-4-17)13-24-14-27/h5-8,14-17,25H,1-4,9-13H2,(H,24,27). The largest absolute Gasteiger partial charge is 0.391 e. The van der Waals surface area contributed by atoms with E-state index in [1.165, 1.54) is 0 Å². The van der Waals surface area contributed by atoms with E-state index in [2.05, 4.69) is 10.6 Å². The van der Waals surface area contributed by atoms with Crippen LogP contribution in [0.1, 0.15) is 38.5 Å². The van der Waals surface area contributed by atoms with Gasteiger partial charge in [-0.1, -0.05) is 0 Å². The van der Waals surface area contributed by atoms with Gasteiger partial charge < -0.3 is 15.5 Å². The second-order valence-corrected chi connectivity index (χ2v) is 7.74. The number of nitrogens with zero attached hydrogens (tertiary/aromatic N) is 1. The van der Waals surface area contributed by atoms with Crippen molar-refractivity contribution in [1.29, 1.82) is 0 Å². The molecule has 2 N–H and O–H groups in total. The first-order valence-electron chi connectivity index (χ1n) is 9.81. The van der Waals surface area contributed by atoms with Gasteiger partial charge in [-0.25, -0.2) is 0 Å². The smallest absolute Gasteiger partial charge is 0.382 e. The van der Waals surface area contributed by atoms with Crippen LogP contribution in [0.3, 0.4) is 0 Å². The van der Waals surface area contributed by atoms with E-state index >= 15 is 0 Å². The van der Waals surface area contributed by atoms with Crippen molar-refractivity contribution in [3.05, 3.63) is 24.3 Å². The summed E-state index contributed by atoms with van der Waals surface area (Å²) in [5.41, 5.74) is 2.04. The van der Waals surface area contributed by atoms with E-state index in [1.54, 1.807) is 0 Å². The quantitative estimate of drug-likeness (QED) is 0.725. The van der Waals surface area contributed by atoms with Crippen molar-refractivity contribution in [3.8, 4) is 0 Å². The summed E-state index contributed by atoms with van der Waals surface area (Å²) in [6, 6.07) is 8.47. The zero-order valence-corrected chi connectivity index (χ0v) is 15.5. The average Bonchev–Trinajstić information content (AvgIpc) is 2.67. The Balaban J connectivity index is 1.45. The van der Waals surface area contributed by atoms with Crippen LogP contribution >= 0.6 is 0 Å².